The summed E-state index contributed by atoms with van der Waals surface area (Å²) in [7, 11) is 0. The van der Waals surface area contributed by atoms with Gasteiger partial charge in [-0.05, 0) is 37.6 Å². The van der Waals surface area contributed by atoms with Crippen molar-refractivity contribution in [2.24, 2.45) is 0 Å². The lowest BCUT2D eigenvalue weighted by Gasteiger charge is -2.14. The molecule has 1 unspecified atom stereocenters. The molecule has 0 aromatic heterocycles. The van der Waals surface area contributed by atoms with Crippen LogP contribution < -0.4 is 21.1 Å². The Kier molecular flexibility index (Phi) is 7.08. The van der Waals surface area contributed by atoms with Crippen LogP contribution in [0.25, 0.3) is 0 Å². The Labute approximate surface area is 125 Å². The van der Waals surface area contributed by atoms with Crippen molar-refractivity contribution < 1.29 is 14.3 Å². The van der Waals surface area contributed by atoms with Gasteiger partial charge < -0.3 is 21.1 Å². The second-order valence-corrected chi connectivity index (χ2v) is 4.75. The molecule has 0 saturated heterocycles. The number of benzene rings is 1. The van der Waals surface area contributed by atoms with Crippen molar-refractivity contribution in [1.82, 2.24) is 10.6 Å². The number of hydrogen-bond acceptors (Lipinski definition) is 4. The van der Waals surface area contributed by atoms with Crippen LogP contribution in [0, 0.1) is 0 Å². The summed E-state index contributed by atoms with van der Waals surface area (Å²) in [5, 5.41) is 5.36. The highest BCUT2D eigenvalue weighted by molar-refractivity contribution is 5.87. The number of nitrogens with one attached hydrogen (secondary N) is 2. The van der Waals surface area contributed by atoms with Gasteiger partial charge in [-0.3, -0.25) is 9.59 Å². The fourth-order valence-corrected chi connectivity index (χ4v) is 1.61. The maximum absolute atomic E-state index is 11.7. The Morgan fingerprint density at radius 3 is 2.57 bits per heavy atom. The maximum atomic E-state index is 11.7. The van der Waals surface area contributed by atoms with E-state index in [9.17, 15) is 9.59 Å². The molecule has 0 aliphatic carbocycles. The molecule has 6 nitrogen and oxygen atoms in total. The quantitative estimate of drug-likeness (QED) is 0.625. The van der Waals surface area contributed by atoms with Gasteiger partial charge in [0.15, 0.2) is 0 Å². The summed E-state index contributed by atoms with van der Waals surface area (Å²) in [5.74, 6) is 0.264. The van der Waals surface area contributed by atoms with Gasteiger partial charge in [-0.1, -0.05) is 6.92 Å². The minimum absolute atomic E-state index is 0.176. The molecule has 116 valence electrons. The predicted octanol–water partition coefficient (Wildman–Crippen LogP) is 1.07. The summed E-state index contributed by atoms with van der Waals surface area (Å²) >= 11 is 0. The summed E-state index contributed by atoms with van der Waals surface area (Å²) in [4.78, 5) is 23.3. The molecule has 0 radical (unpaired) electrons. The third kappa shape index (κ3) is 6.65. The smallest absolute Gasteiger partial charge is 0.242 e. The van der Waals surface area contributed by atoms with Crippen molar-refractivity contribution in [3.05, 3.63) is 24.3 Å². The lowest BCUT2D eigenvalue weighted by molar-refractivity contribution is -0.128. The first-order valence-electron chi connectivity index (χ1n) is 7.08. The molecule has 1 atom stereocenters. The number of nitrogens with two attached hydrogens (primary N) is 1. The van der Waals surface area contributed by atoms with E-state index in [0.717, 1.165) is 6.42 Å². The minimum atomic E-state index is -0.541. The van der Waals surface area contributed by atoms with Gasteiger partial charge in [0.1, 0.15) is 11.8 Å². The van der Waals surface area contributed by atoms with E-state index in [1.165, 1.54) is 0 Å². The number of carbonyl (C=O) groups excluding carboxylic acids is 2. The zero-order valence-electron chi connectivity index (χ0n) is 12.5. The van der Waals surface area contributed by atoms with E-state index in [2.05, 4.69) is 10.6 Å². The fourth-order valence-electron chi connectivity index (χ4n) is 1.61. The third-order valence-electron chi connectivity index (χ3n) is 2.80. The highest BCUT2D eigenvalue weighted by Crippen LogP contribution is 2.13. The third-order valence-corrected chi connectivity index (χ3v) is 2.80. The maximum Gasteiger partial charge on any atom is 0.242 e. The van der Waals surface area contributed by atoms with Crippen molar-refractivity contribution >= 4 is 17.5 Å². The number of ether oxygens (including phenoxy) is 1. The molecular formula is C15H23N3O3. The molecule has 0 saturated carbocycles. The Morgan fingerprint density at radius 1 is 1.29 bits per heavy atom. The van der Waals surface area contributed by atoms with Crippen LogP contribution in [0.2, 0.25) is 0 Å². The van der Waals surface area contributed by atoms with E-state index in [1.54, 1.807) is 31.2 Å². The molecule has 0 spiro atoms. The monoisotopic (exact) mass is 293 g/mol. The predicted molar refractivity (Wildman–Crippen MR) is 81.9 cm³/mol. The van der Waals surface area contributed by atoms with Crippen LogP contribution in [0.4, 0.5) is 5.69 Å². The van der Waals surface area contributed by atoms with E-state index in [-0.39, 0.29) is 24.8 Å². The zero-order chi connectivity index (χ0) is 15.7. The molecular weight excluding hydrogens is 270 g/mol. The van der Waals surface area contributed by atoms with Crippen LogP contribution in [0.5, 0.6) is 5.75 Å². The first-order chi connectivity index (χ1) is 10.0. The average Bonchev–Trinajstić information content (AvgIpc) is 2.46. The number of anilines is 1. The van der Waals surface area contributed by atoms with Crippen molar-refractivity contribution in [2.45, 2.75) is 32.7 Å². The molecule has 21 heavy (non-hydrogen) atoms. The highest BCUT2D eigenvalue weighted by atomic mass is 16.5. The zero-order valence-corrected chi connectivity index (χ0v) is 12.5. The van der Waals surface area contributed by atoms with E-state index in [4.69, 9.17) is 10.5 Å². The van der Waals surface area contributed by atoms with Crippen molar-refractivity contribution in [2.75, 3.05) is 18.9 Å². The summed E-state index contributed by atoms with van der Waals surface area (Å²) in [5.41, 5.74) is 6.22. The minimum Gasteiger partial charge on any atom is -0.493 e. The van der Waals surface area contributed by atoms with Crippen molar-refractivity contribution in [3.63, 3.8) is 0 Å². The Morgan fingerprint density at radius 2 is 1.95 bits per heavy atom. The molecule has 0 aliphatic rings. The molecule has 1 rings (SSSR count). The van der Waals surface area contributed by atoms with Gasteiger partial charge in [0.2, 0.25) is 11.8 Å². The van der Waals surface area contributed by atoms with Gasteiger partial charge in [-0.2, -0.15) is 0 Å². The molecule has 2 amide bonds. The first kappa shape index (κ1) is 16.8. The lowest BCUT2D eigenvalue weighted by Crippen LogP contribution is -2.45. The van der Waals surface area contributed by atoms with Crippen LogP contribution in [0.15, 0.2) is 24.3 Å². The van der Waals surface area contributed by atoms with Crippen LogP contribution in [-0.4, -0.2) is 31.0 Å². The number of nitrogen functional groups attached to an aromatic ring is 1. The molecule has 4 N–H and O–H groups in total. The molecule has 6 heteroatoms. The lowest BCUT2D eigenvalue weighted by atomic mass is 10.3. The van der Waals surface area contributed by atoms with Gasteiger partial charge in [0.25, 0.3) is 0 Å². The summed E-state index contributed by atoms with van der Waals surface area (Å²) < 4.78 is 5.42. The first-order valence-corrected chi connectivity index (χ1v) is 7.08. The van der Waals surface area contributed by atoms with Crippen molar-refractivity contribution in [1.29, 1.82) is 0 Å². The van der Waals surface area contributed by atoms with Gasteiger partial charge in [-0.15, -0.1) is 0 Å². The van der Waals surface area contributed by atoms with Crippen molar-refractivity contribution in [3.8, 4) is 5.75 Å². The number of rotatable bonds is 8. The SMILES string of the molecule is CCCNC(=O)C(C)NC(=O)CCOc1ccc(N)cc1. The van der Waals surface area contributed by atoms with Crippen LogP contribution in [0.3, 0.4) is 0 Å². The fraction of sp³-hybridized carbons (Fsp3) is 0.467. The van der Waals surface area contributed by atoms with Gasteiger partial charge in [-0.25, -0.2) is 0 Å². The second-order valence-electron chi connectivity index (χ2n) is 4.75. The van der Waals surface area contributed by atoms with Crippen LogP contribution >= 0.6 is 0 Å². The summed E-state index contributed by atoms with van der Waals surface area (Å²) in [6.45, 7) is 4.49. The standard InChI is InChI=1S/C15H23N3O3/c1-3-9-17-15(20)11(2)18-14(19)8-10-21-13-6-4-12(16)5-7-13/h4-7,11H,3,8-10,16H2,1-2H3,(H,17,20)(H,18,19). The largest absolute Gasteiger partial charge is 0.493 e. The molecule has 0 bridgehead atoms. The Balaban J connectivity index is 2.24. The molecule has 1 aromatic rings. The average molecular weight is 293 g/mol. The Hall–Kier alpha value is -2.24. The molecule has 1 aromatic carbocycles. The second kappa shape index (κ2) is 8.84. The number of amides is 2. The van der Waals surface area contributed by atoms with E-state index in [1.807, 2.05) is 6.92 Å². The topological polar surface area (TPSA) is 93.5 Å². The van der Waals surface area contributed by atoms with Gasteiger partial charge >= 0.3 is 0 Å². The number of carbonyl (C=O) groups is 2. The number of hydrogen-bond donors (Lipinski definition) is 3. The van der Waals surface area contributed by atoms with Crippen LogP contribution in [0.1, 0.15) is 26.7 Å². The Bertz CT molecular complexity index is 460. The summed E-state index contributed by atoms with van der Waals surface area (Å²) in [6.07, 6.45) is 1.05. The molecule has 0 aliphatic heterocycles. The summed E-state index contributed by atoms with van der Waals surface area (Å²) in [6, 6.07) is 6.41. The highest BCUT2D eigenvalue weighted by Gasteiger charge is 2.14. The van der Waals surface area contributed by atoms with Gasteiger partial charge in [0, 0.05) is 12.2 Å². The van der Waals surface area contributed by atoms with E-state index < -0.39 is 6.04 Å². The van der Waals surface area contributed by atoms with Crippen LogP contribution in [-0.2, 0) is 9.59 Å². The van der Waals surface area contributed by atoms with E-state index in [0.29, 0.717) is 18.0 Å². The normalized spacial score (nSPS) is 11.5. The van der Waals surface area contributed by atoms with Gasteiger partial charge in [0.05, 0.1) is 13.0 Å². The molecule has 0 fully saturated rings. The van der Waals surface area contributed by atoms with E-state index >= 15 is 0 Å². The molecule has 0 heterocycles.